The van der Waals surface area contributed by atoms with Crippen LogP contribution in [0.25, 0.3) is 16.8 Å². The molecule has 2 fully saturated rings. The molecule has 0 radical (unpaired) electrons. The lowest BCUT2D eigenvalue weighted by molar-refractivity contribution is -0.134. The van der Waals surface area contributed by atoms with Crippen molar-refractivity contribution in [3.05, 3.63) is 121 Å². The van der Waals surface area contributed by atoms with Crippen LogP contribution < -0.4 is 0 Å². The number of likely N-dealkylation sites (tertiary alicyclic amines) is 2. The van der Waals surface area contributed by atoms with Crippen molar-refractivity contribution < 1.29 is 9.59 Å². The van der Waals surface area contributed by atoms with E-state index in [1.54, 1.807) is 24.3 Å². The molecule has 8 heteroatoms. The van der Waals surface area contributed by atoms with Gasteiger partial charge in [0.05, 0.1) is 5.41 Å². The Hall–Kier alpha value is -2.70. The monoisotopic (exact) mass is 634 g/mol. The summed E-state index contributed by atoms with van der Waals surface area (Å²) < 4.78 is 0. The Morgan fingerprint density at radius 1 is 0.833 bits per heavy atom. The van der Waals surface area contributed by atoms with E-state index in [9.17, 15) is 4.79 Å². The van der Waals surface area contributed by atoms with Crippen molar-refractivity contribution in [3.8, 4) is 0 Å². The van der Waals surface area contributed by atoms with Crippen LogP contribution in [-0.2, 0) is 10.3 Å². The van der Waals surface area contributed by atoms with Crippen molar-refractivity contribution >= 4 is 74.8 Å². The molecular formula is C34H26Cl4N2O2. The quantitative estimate of drug-likeness (QED) is 0.208. The summed E-state index contributed by atoms with van der Waals surface area (Å²) in [6.07, 6.45) is 1.85. The second-order valence-corrected chi connectivity index (χ2v) is 13.3. The third kappa shape index (κ3) is 3.70. The van der Waals surface area contributed by atoms with Crippen LogP contribution in [-0.4, -0.2) is 55.1 Å². The number of hydrogen-bond acceptors (Lipinski definition) is 4. The van der Waals surface area contributed by atoms with Crippen LogP contribution in [0.3, 0.4) is 0 Å². The molecule has 2 spiro atoms. The van der Waals surface area contributed by atoms with Gasteiger partial charge in [-0.3, -0.25) is 14.5 Å². The van der Waals surface area contributed by atoms with Crippen LogP contribution in [0, 0.1) is 5.41 Å². The zero-order valence-corrected chi connectivity index (χ0v) is 26.0. The third-order valence-corrected chi connectivity index (χ3v) is 10.5. The van der Waals surface area contributed by atoms with Crippen molar-refractivity contribution in [2.24, 2.45) is 5.41 Å². The molecule has 2 heterocycles. The van der Waals surface area contributed by atoms with Crippen molar-refractivity contribution in [2.45, 2.75) is 11.5 Å². The number of ketones is 2. The van der Waals surface area contributed by atoms with Gasteiger partial charge in [-0.05, 0) is 71.9 Å². The van der Waals surface area contributed by atoms with E-state index in [1.165, 1.54) is 0 Å². The summed E-state index contributed by atoms with van der Waals surface area (Å²) in [5, 5.41) is 3.85. The Morgan fingerprint density at radius 3 is 2.24 bits per heavy atom. The van der Waals surface area contributed by atoms with Gasteiger partial charge in [0.15, 0.2) is 11.6 Å². The summed E-state index contributed by atoms with van der Waals surface area (Å²) in [4.78, 5) is 34.6. The second-order valence-electron chi connectivity index (χ2n) is 11.7. The first-order chi connectivity index (χ1) is 20.1. The molecule has 212 valence electrons. The molecule has 1 aliphatic carbocycles. The van der Waals surface area contributed by atoms with Crippen LogP contribution in [0.1, 0.15) is 33.0 Å². The average molecular weight is 636 g/mol. The van der Waals surface area contributed by atoms with Gasteiger partial charge in [-0.15, -0.1) is 0 Å². The number of hydrogen-bond donors (Lipinski definition) is 0. The fourth-order valence-electron chi connectivity index (χ4n) is 7.95. The molecule has 0 N–H and O–H groups in total. The molecule has 2 aliphatic heterocycles. The number of rotatable bonds is 2. The van der Waals surface area contributed by atoms with E-state index in [1.807, 2.05) is 68.7 Å². The molecule has 0 aromatic heterocycles. The maximum absolute atomic E-state index is 15.4. The van der Waals surface area contributed by atoms with Gasteiger partial charge < -0.3 is 4.90 Å². The molecule has 0 bridgehead atoms. The molecule has 2 saturated heterocycles. The van der Waals surface area contributed by atoms with Crippen molar-refractivity contribution in [3.63, 3.8) is 0 Å². The molecule has 42 heavy (non-hydrogen) atoms. The Morgan fingerprint density at radius 2 is 1.52 bits per heavy atom. The number of halogens is 4. The first-order valence-corrected chi connectivity index (χ1v) is 15.2. The number of likely N-dealkylation sites (N-methyl/N-ethyl adjacent to an activating group) is 2. The molecule has 4 aromatic carbocycles. The van der Waals surface area contributed by atoms with Crippen molar-refractivity contribution in [1.29, 1.82) is 0 Å². The fourth-order valence-corrected chi connectivity index (χ4v) is 8.95. The first-order valence-electron chi connectivity index (χ1n) is 13.7. The van der Waals surface area contributed by atoms with Crippen LogP contribution in [0.15, 0.2) is 78.4 Å². The second kappa shape index (κ2) is 9.92. The predicted octanol–water partition coefficient (Wildman–Crippen LogP) is 8.16. The third-order valence-electron chi connectivity index (χ3n) is 9.42. The molecule has 0 amide bonds. The largest absolute Gasteiger partial charge is 0.301 e. The molecule has 0 saturated carbocycles. The zero-order valence-electron chi connectivity index (χ0n) is 22.9. The van der Waals surface area contributed by atoms with Gasteiger partial charge in [-0.1, -0.05) is 94.9 Å². The maximum Gasteiger partial charge on any atom is 0.189 e. The van der Waals surface area contributed by atoms with E-state index < -0.39 is 16.9 Å². The molecule has 7 rings (SSSR count). The molecular weight excluding hydrogens is 610 g/mol. The standard InChI is InChI=1S/C34H26Cl4N2O2/c1-39-16-21(13-20-9-10-22(35)14-28(20)37)31(41)33(18-39)27(24-12-11-23(36)15-29(24)38)17-40(2)34(33)26-8-4-6-19-5-3-7-25(30(19)26)32(34)42/h3-15,27H,16-18H2,1-2H3/b21-13+/t27-,33+,34+/m1/s1. The van der Waals surface area contributed by atoms with E-state index >= 15 is 4.79 Å². The summed E-state index contributed by atoms with van der Waals surface area (Å²) in [5.74, 6) is -0.540. The topological polar surface area (TPSA) is 40.6 Å². The summed E-state index contributed by atoms with van der Waals surface area (Å²) in [5.41, 5.74) is 1.12. The summed E-state index contributed by atoms with van der Waals surface area (Å²) in [7, 11) is 3.95. The molecule has 3 atom stereocenters. The smallest absolute Gasteiger partial charge is 0.189 e. The lowest BCUT2D eigenvalue weighted by Gasteiger charge is -2.51. The Bertz CT molecular complexity index is 1860. The molecule has 4 nitrogen and oxygen atoms in total. The van der Waals surface area contributed by atoms with Crippen LogP contribution >= 0.6 is 46.4 Å². The first kappa shape index (κ1) is 28.1. The molecule has 4 aromatic rings. The highest BCUT2D eigenvalue weighted by molar-refractivity contribution is 6.36. The van der Waals surface area contributed by atoms with Crippen LogP contribution in [0.4, 0.5) is 0 Å². The van der Waals surface area contributed by atoms with Gasteiger partial charge in [0, 0.05) is 56.8 Å². The Balaban J connectivity index is 1.55. The number of fused-ring (bicyclic) bond motifs is 2. The number of Topliss-reactive ketones (excluding diaryl/α,β-unsaturated/α-hetero) is 2. The van der Waals surface area contributed by atoms with Crippen molar-refractivity contribution in [2.75, 3.05) is 33.7 Å². The zero-order chi connectivity index (χ0) is 29.6. The minimum atomic E-state index is -1.25. The Kier molecular flexibility index (Phi) is 6.63. The molecule has 0 unspecified atom stereocenters. The normalized spacial score (nSPS) is 26.9. The lowest BCUT2D eigenvalue weighted by Crippen LogP contribution is -2.64. The van der Waals surface area contributed by atoms with Gasteiger partial charge in [0.2, 0.25) is 0 Å². The predicted molar refractivity (Wildman–Crippen MR) is 171 cm³/mol. The van der Waals surface area contributed by atoms with Crippen LogP contribution in [0.5, 0.6) is 0 Å². The highest BCUT2D eigenvalue weighted by atomic mass is 35.5. The highest BCUT2D eigenvalue weighted by Gasteiger charge is 2.74. The van der Waals surface area contributed by atoms with Gasteiger partial charge in [0.25, 0.3) is 0 Å². The number of piperidine rings is 1. The van der Waals surface area contributed by atoms with E-state index in [4.69, 9.17) is 46.4 Å². The van der Waals surface area contributed by atoms with Gasteiger partial charge in [-0.2, -0.15) is 0 Å². The van der Waals surface area contributed by atoms with Crippen molar-refractivity contribution in [1.82, 2.24) is 9.80 Å². The Labute approximate surface area is 264 Å². The minimum Gasteiger partial charge on any atom is -0.301 e. The van der Waals surface area contributed by atoms with E-state index in [0.717, 1.165) is 21.9 Å². The maximum atomic E-state index is 15.4. The number of benzene rings is 4. The fraction of sp³-hybridized carbons (Fsp3) is 0.235. The summed E-state index contributed by atoms with van der Waals surface area (Å²) in [6.45, 7) is 1.22. The number of carbonyl (C=O) groups is 2. The van der Waals surface area contributed by atoms with E-state index in [2.05, 4.69) is 9.80 Å². The highest BCUT2D eigenvalue weighted by Crippen LogP contribution is 2.65. The van der Waals surface area contributed by atoms with E-state index in [-0.39, 0.29) is 11.6 Å². The number of carbonyl (C=O) groups excluding carboxylic acids is 2. The van der Waals surface area contributed by atoms with Crippen LogP contribution in [0.2, 0.25) is 20.1 Å². The SMILES string of the molecule is CN1C/C(=C\c2ccc(Cl)cc2Cl)C(=O)[C@]2(C1)[C@@H](c1ccc(Cl)cc1Cl)CN(C)[C@@]21C(=O)c2cccc3cccc1c23. The minimum absolute atomic E-state index is 0.0584. The average Bonchev–Trinajstić information content (AvgIpc) is 3.35. The molecule has 3 aliphatic rings. The number of nitrogens with zero attached hydrogens (tertiary/aromatic N) is 2. The lowest BCUT2D eigenvalue weighted by atomic mass is 9.55. The van der Waals surface area contributed by atoms with Gasteiger partial charge >= 0.3 is 0 Å². The van der Waals surface area contributed by atoms with E-state index in [0.29, 0.717) is 56.4 Å². The summed E-state index contributed by atoms with van der Waals surface area (Å²) >= 11 is 26.0. The van der Waals surface area contributed by atoms with Gasteiger partial charge in [-0.25, -0.2) is 0 Å². The summed E-state index contributed by atoms with van der Waals surface area (Å²) in [6, 6.07) is 22.5. The van der Waals surface area contributed by atoms with Gasteiger partial charge in [0.1, 0.15) is 5.54 Å².